The van der Waals surface area contributed by atoms with Crippen LogP contribution >= 0.6 is 11.8 Å². The van der Waals surface area contributed by atoms with E-state index in [0.717, 1.165) is 26.0 Å². The molecule has 0 spiro atoms. The van der Waals surface area contributed by atoms with Crippen LogP contribution in [0, 0.1) is 5.92 Å². The Balaban J connectivity index is 1.46. The van der Waals surface area contributed by atoms with Crippen LogP contribution in [0.1, 0.15) is 45.4 Å². The summed E-state index contributed by atoms with van der Waals surface area (Å²) in [6.45, 7) is 3.90. The molecule has 3 aliphatic rings. The van der Waals surface area contributed by atoms with Crippen LogP contribution in [0.15, 0.2) is 0 Å². The van der Waals surface area contributed by atoms with Crippen LogP contribution in [0.2, 0.25) is 0 Å². The molecule has 3 fully saturated rings. The third-order valence-corrected chi connectivity index (χ3v) is 6.56. The number of fused-ring (bicyclic) bond motifs is 1. The number of rotatable bonds is 3. The summed E-state index contributed by atoms with van der Waals surface area (Å²) in [7, 11) is 0. The molecule has 20 heavy (non-hydrogen) atoms. The molecule has 2 saturated heterocycles. The summed E-state index contributed by atoms with van der Waals surface area (Å²) >= 11 is 1.99. The van der Waals surface area contributed by atoms with E-state index in [1.807, 2.05) is 11.8 Å². The molecule has 2 amide bonds. The Labute approximate surface area is 125 Å². The van der Waals surface area contributed by atoms with Crippen molar-refractivity contribution in [3.05, 3.63) is 0 Å². The molecule has 0 aromatic carbocycles. The molecule has 2 aliphatic heterocycles. The van der Waals surface area contributed by atoms with Crippen LogP contribution in [0.25, 0.3) is 0 Å². The highest BCUT2D eigenvalue weighted by molar-refractivity contribution is 8.00. The minimum Gasteiger partial charge on any atom is -0.378 e. The third-order valence-electron chi connectivity index (χ3n) is 5.02. The van der Waals surface area contributed by atoms with Gasteiger partial charge in [0.1, 0.15) is 0 Å². The summed E-state index contributed by atoms with van der Waals surface area (Å²) in [6.07, 6.45) is 7.40. The Bertz CT molecular complexity index is 358. The van der Waals surface area contributed by atoms with Gasteiger partial charge in [-0.15, -0.1) is 0 Å². The second-order valence-electron chi connectivity index (χ2n) is 6.63. The topological polar surface area (TPSA) is 50.4 Å². The predicted molar refractivity (Wildman–Crippen MR) is 82.1 cm³/mol. The molecule has 0 aromatic heterocycles. The van der Waals surface area contributed by atoms with Crippen molar-refractivity contribution in [2.75, 3.05) is 18.9 Å². The molecule has 4 atom stereocenters. The smallest absolute Gasteiger partial charge is 0.315 e. The fourth-order valence-corrected chi connectivity index (χ4v) is 5.06. The molecule has 1 aliphatic carbocycles. The van der Waals surface area contributed by atoms with E-state index in [0.29, 0.717) is 18.1 Å². The van der Waals surface area contributed by atoms with Gasteiger partial charge in [0.15, 0.2) is 0 Å². The summed E-state index contributed by atoms with van der Waals surface area (Å²) in [6, 6.07) is 0.316. The van der Waals surface area contributed by atoms with E-state index in [2.05, 4.69) is 17.6 Å². The lowest BCUT2D eigenvalue weighted by Gasteiger charge is -2.33. The van der Waals surface area contributed by atoms with Gasteiger partial charge in [0, 0.05) is 29.9 Å². The molecule has 114 valence electrons. The second kappa shape index (κ2) is 6.14. The maximum absolute atomic E-state index is 12.1. The van der Waals surface area contributed by atoms with Crippen LogP contribution in [0.5, 0.6) is 0 Å². The largest absolute Gasteiger partial charge is 0.378 e. The first-order chi connectivity index (χ1) is 9.66. The minimum absolute atomic E-state index is 0.0104. The number of thioether (sulfide) groups is 1. The summed E-state index contributed by atoms with van der Waals surface area (Å²) in [4.78, 5) is 12.1. The van der Waals surface area contributed by atoms with E-state index in [4.69, 9.17) is 4.74 Å². The highest BCUT2D eigenvalue weighted by Gasteiger charge is 2.38. The second-order valence-corrected chi connectivity index (χ2v) is 8.31. The van der Waals surface area contributed by atoms with Gasteiger partial charge < -0.3 is 15.4 Å². The van der Waals surface area contributed by atoms with Crippen LogP contribution < -0.4 is 10.6 Å². The van der Waals surface area contributed by atoms with Crippen molar-refractivity contribution in [1.29, 1.82) is 0 Å². The average molecular weight is 298 g/mol. The molecule has 0 bridgehead atoms. The molecule has 2 heterocycles. The number of carbonyl (C=O) groups is 1. The Kier molecular flexibility index (Phi) is 4.46. The lowest BCUT2D eigenvalue weighted by Crippen LogP contribution is -2.51. The van der Waals surface area contributed by atoms with Gasteiger partial charge in [-0.25, -0.2) is 4.79 Å². The number of carbonyl (C=O) groups excluding carboxylic acids is 1. The summed E-state index contributed by atoms with van der Waals surface area (Å²) in [5.74, 6) is 1.76. The van der Waals surface area contributed by atoms with Gasteiger partial charge in [0.25, 0.3) is 0 Å². The minimum atomic E-state index is 0.0104. The fourth-order valence-electron chi connectivity index (χ4n) is 3.82. The number of ether oxygens (including phenoxy) is 1. The molecular weight excluding hydrogens is 272 g/mol. The van der Waals surface area contributed by atoms with Crippen LogP contribution in [0.4, 0.5) is 4.79 Å². The number of urea groups is 1. The third kappa shape index (κ3) is 3.25. The zero-order valence-corrected chi connectivity index (χ0v) is 13.1. The van der Waals surface area contributed by atoms with E-state index in [-0.39, 0.29) is 10.8 Å². The number of amides is 2. The van der Waals surface area contributed by atoms with Gasteiger partial charge in [-0.05, 0) is 51.2 Å². The van der Waals surface area contributed by atoms with E-state index in [1.54, 1.807) is 0 Å². The molecule has 0 unspecified atom stereocenters. The van der Waals surface area contributed by atoms with Crippen molar-refractivity contribution in [1.82, 2.24) is 10.6 Å². The van der Waals surface area contributed by atoms with E-state index in [1.165, 1.54) is 31.4 Å². The number of hydrogen-bond donors (Lipinski definition) is 2. The Morgan fingerprint density at radius 3 is 3.05 bits per heavy atom. The standard InChI is InChI=1S/C15H26N2O2S/c1-15(7-3-9-20-15)10-16-14(18)17-12-4-2-5-13-11(12)6-8-19-13/h11-13H,2-10H2,1H3,(H2,16,17,18)/t11-,12+,13+,15+/m0/s1. The molecule has 1 saturated carbocycles. The van der Waals surface area contributed by atoms with Gasteiger partial charge in [-0.2, -0.15) is 11.8 Å². The fraction of sp³-hybridized carbons (Fsp3) is 0.933. The van der Waals surface area contributed by atoms with Crippen molar-refractivity contribution in [2.24, 2.45) is 5.92 Å². The van der Waals surface area contributed by atoms with Gasteiger partial charge in [0.05, 0.1) is 6.10 Å². The summed E-state index contributed by atoms with van der Waals surface area (Å²) < 4.78 is 5.99. The van der Waals surface area contributed by atoms with E-state index < -0.39 is 0 Å². The normalized spacial score (nSPS) is 40.4. The molecular formula is C15H26N2O2S. The van der Waals surface area contributed by atoms with Crippen LogP contribution in [0.3, 0.4) is 0 Å². The lowest BCUT2D eigenvalue weighted by atomic mass is 9.82. The van der Waals surface area contributed by atoms with Crippen molar-refractivity contribution < 1.29 is 9.53 Å². The Hall–Kier alpha value is -0.420. The number of hydrogen-bond acceptors (Lipinski definition) is 3. The molecule has 3 rings (SSSR count). The van der Waals surface area contributed by atoms with Gasteiger partial charge in [-0.1, -0.05) is 0 Å². The highest BCUT2D eigenvalue weighted by atomic mass is 32.2. The molecule has 0 radical (unpaired) electrons. The van der Waals surface area contributed by atoms with Crippen molar-refractivity contribution in [3.63, 3.8) is 0 Å². The summed E-state index contributed by atoms with van der Waals surface area (Å²) in [5, 5.41) is 6.27. The lowest BCUT2D eigenvalue weighted by molar-refractivity contribution is 0.0549. The average Bonchev–Trinajstić information content (AvgIpc) is 3.06. The molecule has 0 aromatic rings. The summed E-state index contributed by atoms with van der Waals surface area (Å²) in [5.41, 5.74) is 0. The monoisotopic (exact) mass is 298 g/mol. The van der Waals surface area contributed by atoms with Gasteiger partial charge >= 0.3 is 6.03 Å². The van der Waals surface area contributed by atoms with Crippen molar-refractivity contribution >= 4 is 17.8 Å². The van der Waals surface area contributed by atoms with Crippen molar-refractivity contribution in [2.45, 2.75) is 62.3 Å². The highest BCUT2D eigenvalue weighted by Crippen LogP contribution is 2.37. The van der Waals surface area contributed by atoms with E-state index in [9.17, 15) is 4.79 Å². The maximum atomic E-state index is 12.1. The van der Waals surface area contributed by atoms with Gasteiger partial charge in [0.2, 0.25) is 0 Å². The number of nitrogens with one attached hydrogen (secondary N) is 2. The first-order valence-corrected chi connectivity index (χ1v) is 8.95. The Morgan fingerprint density at radius 2 is 2.25 bits per heavy atom. The zero-order chi connectivity index (χ0) is 14.0. The maximum Gasteiger partial charge on any atom is 0.315 e. The SMILES string of the molecule is C[C@]1(CNC(=O)N[C@@H]2CCC[C@H]3OCC[C@@H]23)CCCS1. The van der Waals surface area contributed by atoms with Crippen LogP contribution in [-0.2, 0) is 4.74 Å². The molecule has 4 nitrogen and oxygen atoms in total. The molecule has 5 heteroatoms. The van der Waals surface area contributed by atoms with E-state index >= 15 is 0 Å². The first kappa shape index (κ1) is 14.5. The van der Waals surface area contributed by atoms with Crippen LogP contribution in [-0.4, -0.2) is 41.8 Å². The zero-order valence-electron chi connectivity index (χ0n) is 12.3. The Morgan fingerprint density at radius 1 is 1.35 bits per heavy atom. The first-order valence-electron chi connectivity index (χ1n) is 7.96. The molecule has 2 N–H and O–H groups in total. The van der Waals surface area contributed by atoms with Crippen molar-refractivity contribution in [3.8, 4) is 0 Å². The van der Waals surface area contributed by atoms with Gasteiger partial charge in [-0.3, -0.25) is 0 Å². The predicted octanol–water partition coefficient (Wildman–Crippen LogP) is 2.53. The quantitative estimate of drug-likeness (QED) is 0.842.